The molecule has 3 rings (SSSR count). The van der Waals surface area contributed by atoms with Gasteiger partial charge in [0.05, 0.1) is 24.2 Å². The second-order valence-electron chi connectivity index (χ2n) is 6.43. The van der Waals surface area contributed by atoms with Crippen molar-refractivity contribution in [3.8, 4) is 11.4 Å². The van der Waals surface area contributed by atoms with Crippen LogP contribution in [0.2, 0.25) is 0 Å². The van der Waals surface area contributed by atoms with Crippen LogP contribution in [0.15, 0.2) is 64.5 Å². The molecule has 0 aliphatic heterocycles. The first-order valence-corrected chi connectivity index (χ1v) is 9.43. The average molecular weight is 410 g/mol. The summed E-state index contributed by atoms with van der Waals surface area (Å²) >= 11 is 5.33. The van der Waals surface area contributed by atoms with Crippen molar-refractivity contribution < 1.29 is 4.74 Å². The van der Waals surface area contributed by atoms with Gasteiger partial charge in [0.15, 0.2) is 5.11 Å². The van der Waals surface area contributed by atoms with Crippen LogP contribution in [0.5, 0.6) is 5.75 Å². The van der Waals surface area contributed by atoms with Crippen molar-refractivity contribution in [2.45, 2.75) is 13.8 Å². The van der Waals surface area contributed by atoms with Gasteiger partial charge in [0.25, 0.3) is 5.56 Å². The zero-order valence-electron chi connectivity index (χ0n) is 16.8. The van der Waals surface area contributed by atoms with E-state index in [-0.39, 0.29) is 10.7 Å². The summed E-state index contributed by atoms with van der Waals surface area (Å²) in [5.41, 5.74) is 6.20. The highest BCUT2D eigenvalue weighted by molar-refractivity contribution is 7.80. The lowest BCUT2D eigenvalue weighted by Crippen LogP contribution is -2.28. The molecule has 8 heteroatoms. The normalized spacial score (nSPS) is 11.2. The molecule has 29 heavy (non-hydrogen) atoms. The number of nitrogens with zero attached hydrogens (tertiary/aromatic N) is 3. The van der Waals surface area contributed by atoms with Gasteiger partial charge in [-0.2, -0.15) is 5.10 Å². The van der Waals surface area contributed by atoms with Crippen molar-refractivity contribution in [3.05, 3.63) is 76.2 Å². The van der Waals surface area contributed by atoms with Gasteiger partial charge in [-0.05, 0) is 50.3 Å². The summed E-state index contributed by atoms with van der Waals surface area (Å²) in [7, 11) is 3.45. The number of hydrazone groups is 1. The molecule has 1 heterocycles. The summed E-state index contributed by atoms with van der Waals surface area (Å²) < 4.78 is 8.61. The van der Waals surface area contributed by atoms with Gasteiger partial charge in [-0.1, -0.05) is 30.3 Å². The maximum absolute atomic E-state index is 12.9. The monoisotopic (exact) mass is 409 g/mol. The van der Waals surface area contributed by atoms with Crippen LogP contribution >= 0.6 is 12.2 Å². The lowest BCUT2D eigenvalue weighted by atomic mass is 10.1. The maximum Gasteiger partial charge on any atom is 0.295 e. The highest BCUT2D eigenvalue weighted by Gasteiger charge is 2.16. The van der Waals surface area contributed by atoms with E-state index in [2.05, 4.69) is 15.8 Å². The fourth-order valence-electron chi connectivity index (χ4n) is 2.90. The SMILES string of the molecule is COc1cccc(/C(C)=N\NC(=S)Nc2c(C)n(C)n(-c3ccccc3)c2=O)c1. The molecule has 150 valence electrons. The number of hydrogen-bond donors (Lipinski definition) is 2. The summed E-state index contributed by atoms with van der Waals surface area (Å²) in [5, 5.41) is 7.51. The predicted molar refractivity (Wildman–Crippen MR) is 120 cm³/mol. The van der Waals surface area contributed by atoms with E-state index in [0.717, 1.165) is 28.4 Å². The van der Waals surface area contributed by atoms with Gasteiger partial charge in [0.2, 0.25) is 0 Å². The average Bonchev–Trinajstić information content (AvgIpc) is 2.95. The van der Waals surface area contributed by atoms with Crippen LogP contribution in [0, 0.1) is 6.92 Å². The third-order valence-electron chi connectivity index (χ3n) is 4.61. The van der Waals surface area contributed by atoms with Gasteiger partial charge in [-0.15, -0.1) is 0 Å². The van der Waals surface area contributed by atoms with Gasteiger partial charge in [-0.3, -0.25) is 14.9 Å². The zero-order chi connectivity index (χ0) is 21.0. The summed E-state index contributed by atoms with van der Waals surface area (Å²) in [6, 6.07) is 17.0. The first-order chi connectivity index (χ1) is 13.9. The largest absolute Gasteiger partial charge is 0.497 e. The number of nitrogens with one attached hydrogen (secondary N) is 2. The van der Waals surface area contributed by atoms with Crippen molar-refractivity contribution in [1.82, 2.24) is 14.8 Å². The van der Waals surface area contributed by atoms with E-state index in [9.17, 15) is 4.79 Å². The van der Waals surface area contributed by atoms with Crippen LogP contribution in [0.3, 0.4) is 0 Å². The zero-order valence-corrected chi connectivity index (χ0v) is 17.6. The Labute approximate surface area is 174 Å². The Morgan fingerprint density at radius 2 is 1.86 bits per heavy atom. The van der Waals surface area contributed by atoms with Gasteiger partial charge in [0.1, 0.15) is 11.4 Å². The molecule has 0 aliphatic rings. The van der Waals surface area contributed by atoms with Crippen LogP contribution in [-0.4, -0.2) is 27.3 Å². The van der Waals surface area contributed by atoms with Gasteiger partial charge >= 0.3 is 0 Å². The van der Waals surface area contributed by atoms with Gasteiger partial charge in [0, 0.05) is 12.6 Å². The molecule has 0 saturated carbocycles. The second-order valence-corrected chi connectivity index (χ2v) is 6.84. The van der Waals surface area contributed by atoms with E-state index in [0.29, 0.717) is 5.69 Å². The van der Waals surface area contributed by atoms with Crippen LogP contribution in [0.1, 0.15) is 18.2 Å². The van der Waals surface area contributed by atoms with Crippen LogP contribution < -0.4 is 21.0 Å². The number of aromatic nitrogens is 2. The topological polar surface area (TPSA) is 72.6 Å². The van der Waals surface area contributed by atoms with Crippen molar-refractivity contribution in [2.75, 3.05) is 12.4 Å². The molecule has 0 unspecified atom stereocenters. The summed E-state index contributed by atoms with van der Waals surface area (Å²) in [5.74, 6) is 0.749. The third kappa shape index (κ3) is 4.38. The Hall–Kier alpha value is -3.39. The highest BCUT2D eigenvalue weighted by Crippen LogP contribution is 2.14. The minimum absolute atomic E-state index is 0.186. The Bertz CT molecular complexity index is 1120. The smallest absolute Gasteiger partial charge is 0.295 e. The van der Waals surface area contributed by atoms with Crippen LogP contribution in [0.4, 0.5) is 5.69 Å². The molecule has 7 nitrogen and oxygen atoms in total. The first-order valence-electron chi connectivity index (χ1n) is 9.02. The molecule has 3 aromatic rings. The molecule has 0 saturated heterocycles. The molecule has 0 spiro atoms. The molecule has 2 aromatic carbocycles. The fourth-order valence-corrected chi connectivity index (χ4v) is 3.05. The lowest BCUT2D eigenvalue weighted by Gasteiger charge is -2.08. The van der Waals surface area contributed by atoms with E-state index in [1.807, 2.05) is 75.5 Å². The maximum atomic E-state index is 12.9. The number of hydrogen-bond acceptors (Lipinski definition) is 4. The van der Waals surface area contributed by atoms with Crippen LogP contribution in [-0.2, 0) is 7.05 Å². The van der Waals surface area contributed by atoms with E-state index < -0.39 is 0 Å². The molecule has 0 bridgehead atoms. The van der Waals surface area contributed by atoms with E-state index in [4.69, 9.17) is 17.0 Å². The minimum Gasteiger partial charge on any atom is -0.497 e. The first kappa shape index (κ1) is 20.3. The number of methoxy groups -OCH3 is 1. The molecule has 0 fully saturated rings. The molecule has 1 aromatic heterocycles. The van der Waals surface area contributed by atoms with Crippen molar-refractivity contribution in [1.29, 1.82) is 0 Å². The summed E-state index contributed by atoms with van der Waals surface area (Å²) in [4.78, 5) is 12.9. The number of anilines is 1. The standard InChI is InChI=1S/C21H23N5O2S/c1-14(16-9-8-12-18(13-16)28-4)23-24-21(29)22-19-15(2)25(3)26(20(19)27)17-10-6-5-7-11-17/h5-13H,1-4H3,(H2,22,24,29)/b23-14-. The summed E-state index contributed by atoms with van der Waals surface area (Å²) in [6.45, 7) is 3.72. The number of benzene rings is 2. The quantitative estimate of drug-likeness (QED) is 0.385. The Morgan fingerprint density at radius 1 is 1.14 bits per heavy atom. The number of ether oxygens (including phenoxy) is 1. The highest BCUT2D eigenvalue weighted by atomic mass is 32.1. The van der Waals surface area contributed by atoms with Crippen molar-refractivity contribution >= 4 is 28.7 Å². The Kier molecular flexibility index (Phi) is 6.13. The van der Waals surface area contributed by atoms with Gasteiger partial charge in [-0.25, -0.2) is 4.68 Å². The molecule has 0 radical (unpaired) electrons. The molecule has 0 atom stereocenters. The Morgan fingerprint density at radius 3 is 2.55 bits per heavy atom. The summed E-state index contributed by atoms with van der Waals surface area (Å²) in [6.07, 6.45) is 0. The van der Waals surface area contributed by atoms with Crippen molar-refractivity contribution in [2.24, 2.45) is 12.1 Å². The van der Waals surface area contributed by atoms with Crippen LogP contribution in [0.25, 0.3) is 5.69 Å². The lowest BCUT2D eigenvalue weighted by molar-refractivity contribution is 0.414. The fraction of sp³-hybridized carbons (Fsp3) is 0.190. The van der Waals surface area contributed by atoms with E-state index in [1.165, 1.54) is 0 Å². The molecule has 0 aliphatic carbocycles. The van der Waals surface area contributed by atoms with E-state index >= 15 is 0 Å². The van der Waals surface area contributed by atoms with E-state index in [1.54, 1.807) is 16.5 Å². The number of thiocarbonyl (C=S) groups is 1. The molecular weight excluding hydrogens is 386 g/mol. The second kappa shape index (κ2) is 8.74. The van der Waals surface area contributed by atoms with Gasteiger partial charge < -0.3 is 10.1 Å². The molecule has 0 amide bonds. The predicted octanol–water partition coefficient (Wildman–Crippen LogP) is 3.20. The Balaban J connectivity index is 1.78. The third-order valence-corrected chi connectivity index (χ3v) is 4.80. The number of rotatable bonds is 5. The number of para-hydroxylation sites is 1. The molecule has 2 N–H and O–H groups in total. The molecular formula is C21H23N5O2S. The minimum atomic E-state index is -0.186. The van der Waals surface area contributed by atoms with Crippen molar-refractivity contribution in [3.63, 3.8) is 0 Å².